The fraction of sp³-hybridized carbons (Fsp3) is 0.920. The monoisotopic (exact) mass is 570 g/mol. The number of halogens is 4. The van der Waals surface area contributed by atoms with Gasteiger partial charge in [0.05, 0.1) is 46.2 Å². The maximum Gasteiger partial charge on any atom is 0.246 e. The van der Waals surface area contributed by atoms with Crippen molar-refractivity contribution in [2.45, 2.75) is 123 Å². The highest BCUT2D eigenvalue weighted by Crippen LogP contribution is 2.48. The average molecular weight is 571 g/mol. The van der Waals surface area contributed by atoms with Crippen molar-refractivity contribution in [1.82, 2.24) is 10.6 Å². The van der Waals surface area contributed by atoms with E-state index >= 15 is 0 Å². The molecule has 212 valence electrons. The van der Waals surface area contributed by atoms with Gasteiger partial charge in [-0.25, -0.2) is 8.78 Å². The molecule has 2 amide bonds. The van der Waals surface area contributed by atoms with Crippen molar-refractivity contribution in [3.05, 3.63) is 0 Å². The number of carbonyl (C=O) groups excluding carboxylic acids is 2. The number of amides is 2. The summed E-state index contributed by atoms with van der Waals surface area (Å²) < 4.78 is 44.7. The van der Waals surface area contributed by atoms with Gasteiger partial charge >= 0.3 is 0 Å². The lowest BCUT2D eigenvalue weighted by atomic mass is 9.58. The maximum absolute atomic E-state index is 13.9. The van der Waals surface area contributed by atoms with Gasteiger partial charge in [0.1, 0.15) is 25.6 Å². The van der Waals surface area contributed by atoms with Gasteiger partial charge in [0.2, 0.25) is 11.8 Å². The number of hydrogen-bond donors (Lipinski definition) is 3. The minimum Gasteiger partial charge on any atom is -0.391 e. The molecule has 5 aliphatic carbocycles. The summed E-state index contributed by atoms with van der Waals surface area (Å²) in [4.78, 5) is 25.5. The standard InChI is InChI=1S/C25H38Cl2F2N2O6/c1-35-21-11-24(30-22(33)12-36-14-2-4-16(26)18(28)8-14)6-7-25(21,10-20(24)32)31-23(34)13-37-15-3-5-17(27)19(29)9-15/h14-21,32H,2-13H2,1H3,(H,30,33)(H,31,34)/t14?,15?,16?,17?,18?,19?,20?,21-,24+,25+/m0/s1. The van der Waals surface area contributed by atoms with Gasteiger partial charge in [0.25, 0.3) is 0 Å². The van der Waals surface area contributed by atoms with Crippen molar-refractivity contribution < 1.29 is 37.7 Å². The number of alkyl halides is 4. The van der Waals surface area contributed by atoms with Crippen LogP contribution in [0.25, 0.3) is 0 Å². The van der Waals surface area contributed by atoms with Crippen LogP contribution >= 0.6 is 23.2 Å². The van der Waals surface area contributed by atoms with Gasteiger partial charge in [0, 0.05) is 32.8 Å². The number of carbonyl (C=O) groups is 2. The molecule has 0 aromatic carbocycles. The van der Waals surface area contributed by atoms with E-state index < -0.39 is 46.4 Å². The van der Waals surface area contributed by atoms with E-state index in [0.717, 1.165) is 0 Å². The van der Waals surface area contributed by atoms with Gasteiger partial charge in [-0.05, 0) is 38.5 Å². The maximum atomic E-state index is 13.9. The Hall–Kier alpha value is -0.780. The number of hydrogen-bond acceptors (Lipinski definition) is 6. The second-order valence-electron chi connectivity index (χ2n) is 11.1. The molecule has 0 aromatic rings. The zero-order valence-electron chi connectivity index (χ0n) is 21.1. The summed E-state index contributed by atoms with van der Waals surface area (Å²) in [6.07, 6.45) is -0.431. The van der Waals surface area contributed by atoms with Crippen LogP contribution < -0.4 is 10.6 Å². The molecule has 8 nitrogen and oxygen atoms in total. The first kappa shape index (κ1) is 29.2. The van der Waals surface area contributed by atoms with E-state index in [1.54, 1.807) is 0 Å². The zero-order valence-corrected chi connectivity index (χ0v) is 22.6. The second-order valence-corrected chi connectivity index (χ2v) is 12.2. The van der Waals surface area contributed by atoms with Crippen molar-refractivity contribution >= 4 is 35.0 Å². The van der Waals surface area contributed by atoms with Crippen LogP contribution in [0.1, 0.15) is 64.2 Å². The van der Waals surface area contributed by atoms with E-state index in [1.165, 1.54) is 7.11 Å². The Morgan fingerprint density at radius 1 is 0.865 bits per heavy atom. The minimum absolute atomic E-state index is 0.162. The third kappa shape index (κ3) is 6.69. The zero-order chi connectivity index (χ0) is 26.8. The van der Waals surface area contributed by atoms with Crippen molar-refractivity contribution in [2.24, 2.45) is 0 Å². The van der Waals surface area contributed by atoms with Crippen LogP contribution in [0.2, 0.25) is 0 Å². The summed E-state index contributed by atoms with van der Waals surface area (Å²) in [6.45, 7) is -0.454. The average Bonchev–Trinajstić information content (AvgIpc) is 2.86. The van der Waals surface area contributed by atoms with Crippen LogP contribution in [0, 0.1) is 0 Å². The molecule has 12 heteroatoms. The molecule has 0 radical (unpaired) electrons. The van der Waals surface area contributed by atoms with Crippen LogP contribution in [-0.2, 0) is 23.8 Å². The highest BCUT2D eigenvalue weighted by atomic mass is 35.5. The molecule has 10 atom stereocenters. The van der Waals surface area contributed by atoms with Crippen molar-refractivity contribution in [1.29, 1.82) is 0 Å². The van der Waals surface area contributed by atoms with E-state index in [1.807, 2.05) is 0 Å². The van der Waals surface area contributed by atoms with Crippen LogP contribution in [0.15, 0.2) is 0 Å². The summed E-state index contributed by atoms with van der Waals surface area (Å²) in [5.74, 6) is -0.746. The molecule has 37 heavy (non-hydrogen) atoms. The van der Waals surface area contributed by atoms with E-state index in [9.17, 15) is 23.5 Å². The van der Waals surface area contributed by atoms with E-state index in [0.29, 0.717) is 44.9 Å². The molecule has 5 aliphatic rings. The first-order valence-electron chi connectivity index (χ1n) is 13.2. The fourth-order valence-electron chi connectivity index (χ4n) is 6.41. The summed E-state index contributed by atoms with van der Waals surface area (Å²) >= 11 is 11.8. The highest BCUT2D eigenvalue weighted by molar-refractivity contribution is 6.21. The Morgan fingerprint density at radius 3 is 1.81 bits per heavy atom. The summed E-state index contributed by atoms with van der Waals surface area (Å²) in [5, 5.41) is 16.0. The number of aliphatic hydroxyl groups excluding tert-OH is 1. The van der Waals surface area contributed by atoms with Crippen LogP contribution in [0.4, 0.5) is 8.78 Å². The molecule has 0 aromatic heterocycles. The summed E-state index contributed by atoms with van der Waals surface area (Å²) in [6, 6.07) is 0. The normalized spacial score (nSPS) is 43.8. The molecule has 2 bridgehead atoms. The third-order valence-electron chi connectivity index (χ3n) is 8.63. The summed E-state index contributed by atoms with van der Waals surface area (Å²) in [7, 11) is 1.54. The number of nitrogens with one attached hydrogen (secondary N) is 2. The van der Waals surface area contributed by atoms with Gasteiger partial charge in [-0.3, -0.25) is 9.59 Å². The molecule has 3 N–H and O–H groups in total. The fourth-order valence-corrected chi connectivity index (χ4v) is 6.87. The van der Waals surface area contributed by atoms with E-state index in [4.69, 9.17) is 37.4 Å². The minimum atomic E-state index is -1.15. The molecule has 0 saturated heterocycles. The van der Waals surface area contributed by atoms with Crippen molar-refractivity contribution in [3.63, 3.8) is 0 Å². The lowest BCUT2D eigenvalue weighted by molar-refractivity contribution is -0.161. The Bertz CT molecular complexity index is 830. The lowest BCUT2D eigenvalue weighted by Crippen LogP contribution is -2.76. The van der Waals surface area contributed by atoms with Crippen LogP contribution in [0.5, 0.6) is 0 Å². The number of methoxy groups -OCH3 is 1. The Morgan fingerprint density at radius 2 is 1.35 bits per heavy atom. The lowest BCUT2D eigenvalue weighted by Gasteiger charge is -2.59. The molecule has 0 spiro atoms. The molecule has 5 rings (SSSR count). The first-order chi connectivity index (χ1) is 17.6. The summed E-state index contributed by atoms with van der Waals surface area (Å²) in [5.41, 5.74) is -1.71. The molecule has 0 heterocycles. The molecule has 5 saturated carbocycles. The Balaban J connectivity index is 1.28. The number of fused-ring (bicyclic) bond motifs is 3. The van der Waals surface area contributed by atoms with Gasteiger partial charge < -0.3 is 30.0 Å². The predicted octanol–water partition coefficient (Wildman–Crippen LogP) is 2.69. The van der Waals surface area contributed by atoms with Crippen LogP contribution in [0.3, 0.4) is 0 Å². The molecule has 7 unspecified atom stereocenters. The van der Waals surface area contributed by atoms with Crippen molar-refractivity contribution in [3.8, 4) is 0 Å². The van der Waals surface area contributed by atoms with Gasteiger partial charge in [-0.1, -0.05) is 0 Å². The number of ether oxygens (including phenoxy) is 3. The van der Waals surface area contributed by atoms with Crippen molar-refractivity contribution in [2.75, 3.05) is 20.3 Å². The molecule has 0 aliphatic heterocycles. The van der Waals surface area contributed by atoms with Crippen LogP contribution in [-0.4, -0.2) is 95.8 Å². The van der Waals surface area contributed by atoms with Gasteiger partial charge in [-0.15, -0.1) is 23.2 Å². The predicted molar refractivity (Wildman–Crippen MR) is 133 cm³/mol. The quantitative estimate of drug-likeness (QED) is 0.368. The Labute approximate surface area is 226 Å². The van der Waals surface area contributed by atoms with Gasteiger partial charge in [-0.2, -0.15) is 0 Å². The van der Waals surface area contributed by atoms with E-state index in [2.05, 4.69) is 10.6 Å². The highest BCUT2D eigenvalue weighted by Gasteiger charge is 2.60. The van der Waals surface area contributed by atoms with E-state index in [-0.39, 0.29) is 56.5 Å². The topological polar surface area (TPSA) is 106 Å². The number of rotatable bonds is 9. The third-order valence-corrected chi connectivity index (χ3v) is 9.61. The Kier molecular flexibility index (Phi) is 9.61. The molecular weight excluding hydrogens is 533 g/mol. The SMILES string of the molecule is CO[C@H]1C[C@]2(NC(=O)COC3CCC(Cl)C(F)C3)CC[C@@]1(NC(=O)COC1CCC(Cl)C(F)C1)CC2O. The van der Waals surface area contributed by atoms with Gasteiger partial charge in [0.15, 0.2) is 0 Å². The first-order valence-corrected chi connectivity index (χ1v) is 14.1. The molecular formula is C25H38Cl2F2N2O6. The number of aliphatic hydroxyl groups is 1. The smallest absolute Gasteiger partial charge is 0.246 e. The second kappa shape index (κ2) is 12.2. The molecule has 5 fully saturated rings. The largest absolute Gasteiger partial charge is 0.391 e.